The maximum Gasteiger partial charge on any atom is 0.234 e. The van der Waals surface area contributed by atoms with Gasteiger partial charge in [0.25, 0.3) is 0 Å². The lowest BCUT2D eigenvalue weighted by Gasteiger charge is -2.17. The topological polar surface area (TPSA) is 72.7 Å². The van der Waals surface area contributed by atoms with Crippen molar-refractivity contribution in [3.05, 3.63) is 83.7 Å². The van der Waals surface area contributed by atoms with Crippen LogP contribution in [0.5, 0.6) is 0 Å². The van der Waals surface area contributed by atoms with Crippen LogP contribution < -0.4 is 5.32 Å². The molecule has 7 heteroatoms. The smallest absolute Gasteiger partial charge is 0.234 e. The van der Waals surface area contributed by atoms with Crippen molar-refractivity contribution in [1.29, 1.82) is 0 Å². The third-order valence-corrected chi connectivity index (χ3v) is 6.49. The van der Waals surface area contributed by atoms with Gasteiger partial charge in [-0.3, -0.25) is 14.3 Å². The summed E-state index contributed by atoms with van der Waals surface area (Å²) in [7, 11) is 0. The Kier molecular flexibility index (Phi) is 6.89. The Morgan fingerprint density at radius 2 is 1.85 bits per heavy atom. The van der Waals surface area contributed by atoms with E-state index < -0.39 is 0 Å². The number of hydrogen-bond donors (Lipinski definition) is 1. The summed E-state index contributed by atoms with van der Waals surface area (Å²) in [5.74, 6) is 1.16. The number of pyridine rings is 1. The van der Waals surface area contributed by atoms with Crippen LogP contribution in [0.15, 0.2) is 72.1 Å². The number of benzene rings is 2. The maximum absolute atomic E-state index is 12.7. The van der Waals surface area contributed by atoms with E-state index in [0.29, 0.717) is 16.9 Å². The molecule has 6 nitrogen and oxygen atoms in total. The molecule has 168 valence electrons. The van der Waals surface area contributed by atoms with E-state index in [1.165, 1.54) is 17.3 Å². The highest BCUT2D eigenvalue weighted by Crippen LogP contribution is 2.32. The molecule has 0 unspecified atom stereocenters. The van der Waals surface area contributed by atoms with Crippen molar-refractivity contribution in [2.45, 2.75) is 38.8 Å². The van der Waals surface area contributed by atoms with E-state index in [2.05, 4.69) is 46.5 Å². The van der Waals surface area contributed by atoms with Gasteiger partial charge < -0.3 is 5.32 Å². The van der Waals surface area contributed by atoms with Gasteiger partial charge in [0.1, 0.15) is 0 Å². The van der Waals surface area contributed by atoms with Crippen LogP contribution in [0.1, 0.15) is 36.5 Å². The number of aromatic nitrogens is 4. The molecule has 4 rings (SSSR count). The highest BCUT2D eigenvalue weighted by molar-refractivity contribution is 7.99. The molecule has 2 aromatic carbocycles. The van der Waals surface area contributed by atoms with E-state index in [0.717, 1.165) is 28.1 Å². The maximum atomic E-state index is 12.7. The van der Waals surface area contributed by atoms with E-state index >= 15 is 0 Å². The standard InChI is InChI=1S/C26H27N5OS/c1-17(2)21-11-5-6-13-23(21)31-25(20-10-8-14-27-15-20)29-30-26(31)33-16-24(32)28-22-12-7-9-18(3)19(22)4/h5-15,17H,16H2,1-4H3,(H,28,32). The molecule has 0 saturated carbocycles. The van der Waals surface area contributed by atoms with Gasteiger partial charge in [-0.2, -0.15) is 0 Å². The molecule has 0 aliphatic rings. The first-order chi connectivity index (χ1) is 16.0. The molecule has 4 aromatic rings. The lowest BCUT2D eigenvalue weighted by molar-refractivity contribution is -0.113. The number of para-hydroxylation sites is 1. The number of hydrogen-bond acceptors (Lipinski definition) is 5. The SMILES string of the molecule is Cc1cccc(NC(=O)CSc2nnc(-c3cccnc3)n2-c2ccccc2C(C)C)c1C. The molecule has 2 heterocycles. The van der Waals surface area contributed by atoms with Gasteiger partial charge in [0.15, 0.2) is 11.0 Å². The minimum absolute atomic E-state index is 0.0803. The number of anilines is 1. The number of nitrogens with zero attached hydrogens (tertiary/aromatic N) is 4. The van der Waals surface area contributed by atoms with Crippen LogP contribution in [0, 0.1) is 13.8 Å². The van der Waals surface area contributed by atoms with Crippen molar-refractivity contribution >= 4 is 23.4 Å². The predicted octanol–water partition coefficient (Wildman–Crippen LogP) is 5.80. The second kappa shape index (κ2) is 10.0. The zero-order valence-corrected chi connectivity index (χ0v) is 20.1. The summed E-state index contributed by atoms with van der Waals surface area (Å²) in [6, 6.07) is 18.0. The first-order valence-corrected chi connectivity index (χ1v) is 11.9. The van der Waals surface area contributed by atoms with E-state index in [1.54, 1.807) is 12.4 Å². The summed E-state index contributed by atoms with van der Waals surface area (Å²) in [5.41, 5.74) is 6.12. The molecule has 1 amide bonds. The molecule has 0 bridgehead atoms. The summed E-state index contributed by atoms with van der Waals surface area (Å²) in [4.78, 5) is 17.0. The molecule has 0 spiro atoms. The molecular formula is C26H27N5OS. The number of carbonyl (C=O) groups excluding carboxylic acids is 1. The van der Waals surface area contributed by atoms with Crippen molar-refractivity contribution in [2.75, 3.05) is 11.1 Å². The Bertz CT molecular complexity index is 1270. The summed E-state index contributed by atoms with van der Waals surface area (Å²) in [6.07, 6.45) is 3.51. The molecule has 0 aliphatic carbocycles. The zero-order valence-electron chi connectivity index (χ0n) is 19.2. The number of aryl methyl sites for hydroxylation is 1. The van der Waals surface area contributed by atoms with Gasteiger partial charge in [0, 0.05) is 23.6 Å². The lowest BCUT2D eigenvalue weighted by Crippen LogP contribution is -2.15. The quantitative estimate of drug-likeness (QED) is 0.355. The number of thioether (sulfide) groups is 1. The molecule has 0 radical (unpaired) electrons. The van der Waals surface area contributed by atoms with E-state index in [-0.39, 0.29) is 11.7 Å². The van der Waals surface area contributed by atoms with Crippen molar-refractivity contribution in [1.82, 2.24) is 19.7 Å². The Labute approximate surface area is 198 Å². The monoisotopic (exact) mass is 457 g/mol. The van der Waals surface area contributed by atoms with Gasteiger partial charge in [0.2, 0.25) is 5.91 Å². The molecular weight excluding hydrogens is 430 g/mol. The predicted molar refractivity (Wildman–Crippen MR) is 134 cm³/mol. The normalized spacial score (nSPS) is 11.1. The summed E-state index contributed by atoms with van der Waals surface area (Å²) in [6.45, 7) is 8.38. The fourth-order valence-corrected chi connectivity index (χ4v) is 4.39. The first-order valence-electron chi connectivity index (χ1n) is 10.9. The van der Waals surface area contributed by atoms with Crippen LogP contribution in [-0.2, 0) is 4.79 Å². The van der Waals surface area contributed by atoms with Crippen molar-refractivity contribution in [2.24, 2.45) is 0 Å². The Hall–Kier alpha value is -3.45. The highest BCUT2D eigenvalue weighted by Gasteiger charge is 2.20. The molecule has 33 heavy (non-hydrogen) atoms. The van der Waals surface area contributed by atoms with Crippen LogP contribution in [0.4, 0.5) is 5.69 Å². The summed E-state index contributed by atoms with van der Waals surface area (Å²) >= 11 is 1.37. The average Bonchev–Trinajstić information content (AvgIpc) is 3.25. The number of carbonyl (C=O) groups is 1. The van der Waals surface area contributed by atoms with Gasteiger partial charge in [0.05, 0.1) is 11.4 Å². The third kappa shape index (κ3) is 4.98. The van der Waals surface area contributed by atoms with Gasteiger partial charge in [-0.15, -0.1) is 10.2 Å². The molecule has 0 saturated heterocycles. The van der Waals surface area contributed by atoms with E-state index in [4.69, 9.17) is 0 Å². The third-order valence-electron chi connectivity index (χ3n) is 5.56. The van der Waals surface area contributed by atoms with E-state index in [1.807, 2.05) is 60.9 Å². The molecule has 2 aromatic heterocycles. The average molecular weight is 458 g/mol. The molecule has 1 N–H and O–H groups in total. The number of rotatable bonds is 7. The van der Waals surface area contributed by atoms with Gasteiger partial charge in [-0.25, -0.2) is 0 Å². The van der Waals surface area contributed by atoms with Crippen LogP contribution in [0.25, 0.3) is 17.1 Å². The van der Waals surface area contributed by atoms with Gasteiger partial charge in [-0.1, -0.05) is 55.9 Å². The van der Waals surface area contributed by atoms with E-state index in [9.17, 15) is 4.79 Å². The Morgan fingerprint density at radius 1 is 1.03 bits per heavy atom. The largest absolute Gasteiger partial charge is 0.325 e. The number of amides is 1. The molecule has 0 atom stereocenters. The van der Waals surface area contributed by atoms with Gasteiger partial charge >= 0.3 is 0 Å². The Morgan fingerprint density at radius 3 is 2.61 bits per heavy atom. The minimum Gasteiger partial charge on any atom is -0.325 e. The minimum atomic E-state index is -0.0803. The van der Waals surface area contributed by atoms with Crippen molar-refractivity contribution < 1.29 is 4.79 Å². The van der Waals surface area contributed by atoms with Crippen LogP contribution in [0.3, 0.4) is 0 Å². The van der Waals surface area contributed by atoms with Crippen molar-refractivity contribution in [3.8, 4) is 17.1 Å². The summed E-state index contributed by atoms with van der Waals surface area (Å²) < 4.78 is 2.03. The Balaban J connectivity index is 1.66. The van der Waals surface area contributed by atoms with Gasteiger partial charge in [-0.05, 0) is 60.7 Å². The van der Waals surface area contributed by atoms with Crippen LogP contribution >= 0.6 is 11.8 Å². The van der Waals surface area contributed by atoms with Crippen LogP contribution in [0.2, 0.25) is 0 Å². The van der Waals surface area contributed by atoms with Crippen molar-refractivity contribution in [3.63, 3.8) is 0 Å². The zero-order chi connectivity index (χ0) is 23.4. The molecule has 0 aliphatic heterocycles. The highest BCUT2D eigenvalue weighted by atomic mass is 32.2. The fraction of sp³-hybridized carbons (Fsp3) is 0.231. The number of nitrogens with one attached hydrogen (secondary N) is 1. The molecule has 0 fully saturated rings. The summed E-state index contributed by atoms with van der Waals surface area (Å²) in [5, 5.41) is 12.6. The second-order valence-electron chi connectivity index (χ2n) is 8.18. The lowest BCUT2D eigenvalue weighted by atomic mass is 10.0. The van der Waals surface area contributed by atoms with Crippen LogP contribution in [-0.4, -0.2) is 31.4 Å². The fourth-order valence-electron chi connectivity index (χ4n) is 3.64. The second-order valence-corrected chi connectivity index (χ2v) is 9.12. The first kappa shape index (κ1) is 22.7.